The van der Waals surface area contributed by atoms with Gasteiger partial charge in [-0.1, -0.05) is 31.5 Å². The molecule has 8 heteroatoms. The maximum Gasteiger partial charge on any atom is 0.199 e. The van der Waals surface area contributed by atoms with E-state index in [1.165, 1.54) is 6.38 Å². The van der Waals surface area contributed by atoms with E-state index in [-0.39, 0.29) is 18.3 Å². The zero-order valence-electron chi connectivity index (χ0n) is 14.3. The molecule has 0 unspecified atom stereocenters. The highest BCUT2D eigenvalue weighted by Crippen LogP contribution is 2.31. The molecular weight excluding hydrogens is 372 g/mol. The molecule has 0 radical (unpaired) electrons. The molecule has 3 rings (SSSR count). The zero-order chi connectivity index (χ0) is 18.5. The maximum absolute atomic E-state index is 11.8. The minimum atomic E-state index is 0.276. The third-order valence-electron chi connectivity index (χ3n) is 2.94. The van der Waals surface area contributed by atoms with Crippen LogP contribution in [0, 0.1) is 6.92 Å². The molecule has 0 spiro atoms. The summed E-state index contributed by atoms with van der Waals surface area (Å²) in [6.07, 6.45) is 4.63. The fraction of sp³-hybridized carbons (Fsp3) is 0.438. The summed E-state index contributed by atoms with van der Waals surface area (Å²) in [5.41, 5.74) is 7.22. The Kier molecular flexibility index (Phi) is 12.8. The van der Waals surface area contributed by atoms with Crippen molar-refractivity contribution in [2.45, 2.75) is 26.7 Å². The van der Waals surface area contributed by atoms with Gasteiger partial charge in [0.2, 0.25) is 0 Å². The van der Waals surface area contributed by atoms with E-state index >= 15 is 0 Å². The third-order valence-corrected chi connectivity index (χ3v) is 3.84. The molecule has 0 amide bonds. The molecule has 2 heterocycles. The highest BCUT2D eigenvalue weighted by molar-refractivity contribution is 7.91. The summed E-state index contributed by atoms with van der Waals surface area (Å²) >= 11 is 10.6. The molecule has 1 aromatic carbocycles. The van der Waals surface area contributed by atoms with Crippen LogP contribution in [0.15, 0.2) is 35.1 Å². The Balaban J connectivity index is 0.000000371. The second kappa shape index (κ2) is 13.4. The topological polar surface area (TPSA) is 55.3 Å². The normalized spacial score (nSPS) is 13.3. The standard InChI is InChI=1S/C7H8ClN.C6H7FN2OS.C2H6.CH3Cl/c1-5-2-3-6(9)4-7(5)8;7-11-9-3-5(4-9)6-8-1-2-10-6;2*1-2/h2-4H,9H2,1H3;1-2,5H,3-4H2;1-2H3;1H3. The Morgan fingerprint density at radius 3 is 2.38 bits per heavy atom. The van der Waals surface area contributed by atoms with Gasteiger partial charge in [-0.3, -0.25) is 0 Å². The van der Waals surface area contributed by atoms with Gasteiger partial charge in [0.05, 0.1) is 12.1 Å². The summed E-state index contributed by atoms with van der Waals surface area (Å²) in [4.78, 5) is 3.98. The lowest BCUT2D eigenvalue weighted by Gasteiger charge is -2.32. The fourth-order valence-electron chi connectivity index (χ4n) is 1.70. The van der Waals surface area contributed by atoms with Crippen molar-refractivity contribution in [2.24, 2.45) is 0 Å². The number of alkyl halides is 1. The van der Waals surface area contributed by atoms with Crippen LogP contribution in [0.4, 0.5) is 9.57 Å². The largest absolute Gasteiger partial charge is 0.449 e. The predicted molar refractivity (Wildman–Crippen MR) is 103 cm³/mol. The van der Waals surface area contributed by atoms with E-state index in [0.717, 1.165) is 16.5 Å². The van der Waals surface area contributed by atoms with Gasteiger partial charge < -0.3 is 10.2 Å². The van der Waals surface area contributed by atoms with Crippen LogP contribution in [0.2, 0.25) is 5.02 Å². The monoisotopic (exact) mass is 395 g/mol. The van der Waals surface area contributed by atoms with Crippen molar-refractivity contribution in [3.63, 3.8) is 0 Å². The third kappa shape index (κ3) is 7.75. The number of hydrogen-bond acceptors (Lipinski definition) is 5. The van der Waals surface area contributed by atoms with Gasteiger partial charge in [0.25, 0.3) is 0 Å². The molecule has 136 valence electrons. The molecule has 1 aromatic heterocycles. The van der Waals surface area contributed by atoms with Crippen LogP contribution in [-0.4, -0.2) is 28.8 Å². The van der Waals surface area contributed by atoms with E-state index in [2.05, 4.69) is 16.6 Å². The number of oxazole rings is 1. The maximum atomic E-state index is 11.8. The quantitative estimate of drug-likeness (QED) is 0.400. The summed E-state index contributed by atoms with van der Waals surface area (Å²) in [6, 6.07) is 5.48. The Hall–Kier alpha value is -0.950. The molecule has 1 fully saturated rings. The summed E-state index contributed by atoms with van der Waals surface area (Å²) < 4.78 is 18.5. The number of rotatable bonds is 2. The van der Waals surface area contributed by atoms with Gasteiger partial charge in [0.15, 0.2) is 5.89 Å². The van der Waals surface area contributed by atoms with Crippen LogP contribution in [0.1, 0.15) is 31.2 Å². The number of nitrogen functional groups attached to an aromatic ring is 1. The minimum absolute atomic E-state index is 0.276. The Morgan fingerprint density at radius 2 is 1.96 bits per heavy atom. The van der Waals surface area contributed by atoms with Crippen LogP contribution >= 0.6 is 35.5 Å². The van der Waals surface area contributed by atoms with Crippen molar-refractivity contribution >= 4 is 41.2 Å². The summed E-state index contributed by atoms with van der Waals surface area (Å²) in [5, 5.41) is 0.731. The lowest BCUT2D eigenvalue weighted by atomic mass is 10.0. The van der Waals surface area contributed by atoms with Crippen LogP contribution in [0.25, 0.3) is 0 Å². The summed E-state index contributed by atoms with van der Waals surface area (Å²) in [7, 11) is 0. The van der Waals surface area contributed by atoms with Crippen molar-refractivity contribution in [2.75, 3.05) is 25.2 Å². The van der Waals surface area contributed by atoms with E-state index in [9.17, 15) is 3.89 Å². The Bertz CT molecular complexity index is 552. The molecule has 4 nitrogen and oxygen atoms in total. The SMILES string of the molecule is CC.CCl.Cc1ccc(N)cc1Cl.FSN1CC(c2ncco2)C1. The lowest BCUT2D eigenvalue weighted by molar-refractivity contribution is 0.246. The van der Waals surface area contributed by atoms with Crippen LogP contribution < -0.4 is 5.73 Å². The van der Waals surface area contributed by atoms with Gasteiger partial charge in [-0.2, -0.15) is 0 Å². The van der Waals surface area contributed by atoms with Crippen LogP contribution in [0.5, 0.6) is 0 Å². The second-order valence-electron chi connectivity index (χ2n) is 4.49. The van der Waals surface area contributed by atoms with Gasteiger partial charge in [0, 0.05) is 30.2 Å². The van der Waals surface area contributed by atoms with Crippen molar-refractivity contribution in [3.05, 3.63) is 47.1 Å². The van der Waals surface area contributed by atoms with E-state index < -0.39 is 0 Å². The molecule has 1 aliphatic rings. The summed E-state index contributed by atoms with van der Waals surface area (Å²) in [6.45, 7) is 7.34. The minimum Gasteiger partial charge on any atom is -0.449 e. The van der Waals surface area contributed by atoms with Gasteiger partial charge in [-0.25, -0.2) is 9.29 Å². The zero-order valence-corrected chi connectivity index (χ0v) is 16.6. The van der Waals surface area contributed by atoms with Crippen LogP contribution in [-0.2, 0) is 0 Å². The average Bonchev–Trinajstić information content (AvgIpc) is 3.09. The number of aromatic nitrogens is 1. The molecular formula is C16H24Cl2FN3OS. The number of hydrogen-bond donors (Lipinski definition) is 1. The van der Waals surface area contributed by atoms with Crippen molar-refractivity contribution in [1.29, 1.82) is 0 Å². The van der Waals surface area contributed by atoms with Gasteiger partial charge in [-0.15, -0.1) is 15.5 Å². The number of anilines is 1. The Labute approximate surface area is 157 Å². The molecule has 0 bridgehead atoms. The molecule has 2 aromatic rings. The first-order valence-corrected chi connectivity index (χ1v) is 9.23. The molecule has 2 N–H and O–H groups in total. The smallest absolute Gasteiger partial charge is 0.199 e. The molecule has 1 saturated heterocycles. The van der Waals surface area contributed by atoms with E-state index in [4.69, 9.17) is 21.8 Å². The predicted octanol–water partition coefficient (Wildman–Crippen LogP) is 5.72. The van der Waals surface area contributed by atoms with Gasteiger partial charge in [-0.05, 0) is 24.6 Å². The van der Waals surface area contributed by atoms with Gasteiger partial charge in [0.1, 0.15) is 18.6 Å². The van der Waals surface area contributed by atoms with E-state index in [0.29, 0.717) is 18.8 Å². The number of nitrogens with two attached hydrogens (primary N) is 1. The second-order valence-corrected chi connectivity index (χ2v) is 5.55. The molecule has 0 atom stereocenters. The molecule has 1 aliphatic heterocycles. The first-order valence-electron chi connectivity index (χ1n) is 7.42. The summed E-state index contributed by atoms with van der Waals surface area (Å²) in [5.74, 6) is 1.00. The van der Waals surface area contributed by atoms with E-state index in [1.807, 2.05) is 32.9 Å². The Morgan fingerprint density at radius 1 is 1.33 bits per heavy atom. The number of halogens is 3. The molecule has 0 aliphatic carbocycles. The average molecular weight is 396 g/mol. The number of nitrogens with zero attached hydrogens (tertiary/aromatic N) is 2. The van der Waals surface area contributed by atoms with Gasteiger partial charge >= 0.3 is 0 Å². The molecule has 0 saturated carbocycles. The van der Waals surface area contributed by atoms with Crippen molar-refractivity contribution < 1.29 is 8.30 Å². The first-order chi connectivity index (χ1) is 11.6. The van der Waals surface area contributed by atoms with Crippen LogP contribution in [0.3, 0.4) is 0 Å². The lowest BCUT2D eigenvalue weighted by Crippen LogP contribution is -2.39. The fourth-order valence-corrected chi connectivity index (χ4v) is 2.36. The number of aryl methyl sites for hydroxylation is 1. The van der Waals surface area contributed by atoms with Crippen molar-refractivity contribution in [3.8, 4) is 0 Å². The number of benzene rings is 1. The molecule has 24 heavy (non-hydrogen) atoms. The van der Waals surface area contributed by atoms with Crippen molar-refractivity contribution in [1.82, 2.24) is 9.29 Å². The highest BCUT2D eigenvalue weighted by Gasteiger charge is 2.31. The van der Waals surface area contributed by atoms with E-state index in [1.54, 1.807) is 22.8 Å². The first kappa shape index (κ1) is 23.1. The highest BCUT2D eigenvalue weighted by atomic mass is 35.5.